The van der Waals surface area contributed by atoms with Crippen molar-refractivity contribution in [3.63, 3.8) is 0 Å². The molecule has 1 aliphatic rings. The smallest absolute Gasteiger partial charge is 0.410 e. The lowest BCUT2D eigenvalue weighted by Gasteiger charge is -2.33. The van der Waals surface area contributed by atoms with Gasteiger partial charge in [-0.15, -0.1) is 0 Å². The van der Waals surface area contributed by atoms with E-state index in [-0.39, 0.29) is 11.8 Å². The van der Waals surface area contributed by atoms with Crippen LogP contribution in [0.1, 0.15) is 33.6 Å². The van der Waals surface area contributed by atoms with E-state index in [0.717, 1.165) is 28.6 Å². The van der Waals surface area contributed by atoms with Crippen LogP contribution in [0.4, 0.5) is 10.6 Å². The van der Waals surface area contributed by atoms with E-state index in [1.54, 1.807) is 17.2 Å². The van der Waals surface area contributed by atoms with Crippen LogP contribution in [0.5, 0.6) is 0 Å². The number of amides is 2. The molecule has 4 heterocycles. The van der Waals surface area contributed by atoms with Gasteiger partial charge in [-0.1, -0.05) is 11.6 Å². The van der Waals surface area contributed by atoms with E-state index < -0.39 is 11.7 Å². The Morgan fingerprint density at radius 2 is 2.06 bits per heavy atom. The molecule has 1 saturated heterocycles. The van der Waals surface area contributed by atoms with Gasteiger partial charge in [0.05, 0.1) is 22.0 Å². The van der Waals surface area contributed by atoms with Gasteiger partial charge in [-0.05, 0) is 51.8 Å². The lowest BCUT2D eigenvalue weighted by atomic mass is 9.97. The van der Waals surface area contributed by atoms with Gasteiger partial charge in [0, 0.05) is 42.8 Å². The Kier molecular flexibility index (Phi) is 6.06. The van der Waals surface area contributed by atoms with Crippen molar-refractivity contribution in [3.05, 3.63) is 41.8 Å². The molecule has 0 saturated carbocycles. The van der Waals surface area contributed by atoms with Crippen molar-refractivity contribution < 1.29 is 14.3 Å². The fraction of sp³-hybridized carbons (Fsp3) is 0.391. The molecule has 0 radical (unpaired) electrons. The number of carbonyl (C=O) groups excluding carboxylic acids is 2. The van der Waals surface area contributed by atoms with Crippen LogP contribution in [0.25, 0.3) is 22.2 Å². The molecule has 9 heteroatoms. The van der Waals surface area contributed by atoms with E-state index >= 15 is 0 Å². The molecule has 1 aliphatic heterocycles. The standard InChI is InChI=1S/C23H26ClN5O3/c1-23(2,3)32-22(31)29-8-4-5-14(13-29)21(30)28-20-10-16(17(24)12-27-20)15-9-19-18(26-11-15)6-7-25-19/h6-7,9-12,14,25H,4-5,8,13H2,1-3H3,(H,27,28,30)/t14-/m1/s1. The summed E-state index contributed by atoms with van der Waals surface area (Å²) < 4.78 is 5.45. The molecule has 0 bridgehead atoms. The van der Waals surface area contributed by atoms with E-state index in [0.29, 0.717) is 30.4 Å². The quantitative estimate of drug-likeness (QED) is 0.587. The number of ether oxygens (including phenoxy) is 1. The number of aromatic nitrogens is 3. The van der Waals surface area contributed by atoms with Crippen molar-refractivity contribution in [2.75, 3.05) is 18.4 Å². The second-order valence-corrected chi connectivity index (χ2v) is 9.35. The molecule has 1 fully saturated rings. The van der Waals surface area contributed by atoms with Gasteiger partial charge in [0.1, 0.15) is 11.4 Å². The third kappa shape index (κ3) is 5.02. The van der Waals surface area contributed by atoms with Gasteiger partial charge in [0.2, 0.25) is 5.91 Å². The van der Waals surface area contributed by atoms with Crippen LogP contribution in [0.2, 0.25) is 5.02 Å². The number of likely N-dealkylation sites (tertiary alicyclic amines) is 1. The Balaban J connectivity index is 1.47. The van der Waals surface area contributed by atoms with Crippen molar-refractivity contribution in [2.24, 2.45) is 5.92 Å². The average Bonchev–Trinajstić information content (AvgIpc) is 3.22. The number of anilines is 1. The molecule has 4 rings (SSSR count). The number of H-pyrrole nitrogens is 1. The predicted octanol–water partition coefficient (Wildman–Crippen LogP) is 4.86. The summed E-state index contributed by atoms with van der Waals surface area (Å²) in [5.74, 6) is -0.124. The van der Waals surface area contributed by atoms with Crippen LogP contribution in [0, 0.1) is 5.92 Å². The molecule has 0 aromatic carbocycles. The third-order valence-corrected chi connectivity index (χ3v) is 5.56. The number of fused-ring (bicyclic) bond motifs is 1. The summed E-state index contributed by atoms with van der Waals surface area (Å²) >= 11 is 6.38. The van der Waals surface area contributed by atoms with Gasteiger partial charge in [-0.2, -0.15) is 0 Å². The summed E-state index contributed by atoms with van der Waals surface area (Å²) in [7, 11) is 0. The number of nitrogens with zero attached hydrogens (tertiary/aromatic N) is 3. The number of rotatable bonds is 3. The van der Waals surface area contributed by atoms with Gasteiger partial charge in [0.25, 0.3) is 0 Å². The molecule has 0 spiro atoms. The molecule has 1 atom stereocenters. The zero-order chi connectivity index (χ0) is 22.9. The maximum Gasteiger partial charge on any atom is 0.410 e. The SMILES string of the molecule is CC(C)(C)OC(=O)N1CCC[C@@H](C(=O)Nc2cc(-c3cnc4cc[nH]c4c3)c(Cl)cn2)C1. The highest BCUT2D eigenvalue weighted by atomic mass is 35.5. The summed E-state index contributed by atoms with van der Waals surface area (Å²) in [5.41, 5.74) is 2.72. The molecular weight excluding hydrogens is 430 g/mol. The van der Waals surface area contributed by atoms with Crippen LogP contribution in [-0.2, 0) is 9.53 Å². The Morgan fingerprint density at radius 3 is 2.84 bits per heavy atom. The number of piperidine rings is 1. The zero-order valence-corrected chi connectivity index (χ0v) is 19.1. The fourth-order valence-electron chi connectivity index (χ4n) is 3.72. The van der Waals surface area contributed by atoms with E-state index in [1.165, 1.54) is 6.20 Å². The highest BCUT2D eigenvalue weighted by Gasteiger charge is 2.31. The lowest BCUT2D eigenvalue weighted by molar-refractivity contribution is -0.121. The number of aromatic amines is 1. The first-order valence-corrected chi connectivity index (χ1v) is 11.0. The molecular formula is C23H26ClN5O3. The highest BCUT2D eigenvalue weighted by Crippen LogP contribution is 2.31. The van der Waals surface area contributed by atoms with Gasteiger partial charge >= 0.3 is 6.09 Å². The van der Waals surface area contributed by atoms with Crippen molar-refractivity contribution in [1.29, 1.82) is 0 Å². The number of hydrogen-bond acceptors (Lipinski definition) is 5. The second-order valence-electron chi connectivity index (χ2n) is 8.94. The number of carbonyl (C=O) groups is 2. The van der Waals surface area contributed by atoms with Gasteiger partial charge < -0.3 is 19.9 Å². The van der Waals surface area contributed by atoms with Crippen LogP contribution in [0.15, 0.2) is 36.8 Å². The number of nitrogens with one attached hydrogen (secondary N) is 2. The van der Waals surface area contributed by atoms with E-state index in [4.69, 9.17) is 16.3 Å². The van der Waals surface area contributed by atoms with Crippen LogP contribution >= 0.6 is 11.6 Å². The summed E-state index contributed by atoms with van der Waals surface area (Å²) in [6.07, 6.45) is 6.11. The third-order valence-electron chi connectivity index (χ3n) is 5.26. The summed E-state index contributed by atoms with van der Waals surface area (Å²) in [5, 5.41) is 3.34. The first-order valence-electron chi connectivity index (χ1n) is 10.6. The van der Waals surface area contributed by atoms with E-state index in [2.05, 4.69) is 20.3 Å². The van der Waals surface area contributed by atoms with Crippen molar-refractivity contribution in [2.45, 2.75) is 39.2 Å². The largest absolute Gasteiger partial charge is 0.444 e. The summed E-state index contributed by atoms with van der Waals surface area (Å²) in [4.78, 5) is 38.7. The van der Waals surface area contributed by atoms with Crippen molar-refractivity contribution in [3.8, 4) is 11.1 Å². The molecule has 2 N–H and O–H groups in total. The van der Waals surface area contributed by atoms with Gasteiger partial charge in [0.15, 0.2) is 0 Å². The first kappa shape index (κ1) is 22.1. The van der Waals surface area contributed by atoms with Crippen molar-refractivity contribution in [1.82, 2.24) is 19.9 Å². The zero-order valence-electron chi connectivity index (χ0n) is 18.3. The molecule has 32 heavy (non-hydrogen) atoms. The highest BCUT2D eigenvalue weighted by molar-refractivity contribution is 6.33. The predicted molar refractivity (Wildman–Crippen MR) is 123 cm³/mol. The number of pyridine rings is 2. The molecule has 8 nitrogen and oxygen atoms in total. The lowest BCUT2D eigenvalue weighted by Crippen LogP contribution is -2.45. The normalized spacial score (nSPS) is 16.8. The maximum absolute atomic E-state index is 12.9. The minimum absolute atomic E-state index is 0.183. The Hall–Kier alpha value is -3.13. The second kappa shape index (κ2) is 8.78. The van der Waals surface area contributed by atoms with Gasteiger partial charge in [-0.3, -0.25) is 9.78 Å². The molecule has 3 aromatic heterocycles. The van der Waals surface area contributed by atoms with Crippen LogP contribution in [0.3, 0.4) is 0 Å². The molecule has 168 valence electrons. The topological polar surface area (TPSA) is 100 Å². The van der Waals surface area contributed by atoms with Gasteiger partial charge in [-0.25, -0.2) is 9.78 Å². The minimum Gasteiger partial charge on any atom is -0.444 e. The molecule has 3 aromatic rings. The number of hydrogen-bond donors (Lipinski definition) is 2. The van der Waals surface area contributed by atoms with Crippen molar-refractivity contribution >= 4 is 40.5 Å². The molecule has 0 unspecified atom stereocenters. The van der Waals surface area contributed by atoms with E-state index in [1.807, 2.05) is 39.1 Å². The summed E-state index contributed by atoms with van der Waals surface area (Å²) in [6.45, 7) is 6.37. The summed E-state index contributed by atoms with van der Waals surface area (Å²) in [6, 6.07) is 5.58. The van der Waals surface area contributed by atoms with E-state index in [9.17, 15) is 9.59 Å². The monoisotopic (exact) mass is 455 g/mol. The maximum atomic E-state index is 12.9. The minimum atomic E-state index is -0.575. The molecule has 0 aliphatic carbocycles. The molecule has 2 amide bonds. The van der Waals surface area contributed by atoms with Crippen LogP contribution in [-0.4, -0.2) is 50.5 Å². The Morgan fingerprint density at radius 1 is 1.25 bits per heavy atom. The average molecular weight is 456 g/mol. The Labute approximate surface area is 191 Å². The Bertz CT molecular complexity index is 1150. The number of halogens is 1. The first-order chi connectivity index (χ1) is 15.2. The fourth-order valence-corrected chi connectivity index (χ4v) is 3.93. The van der Waals surface area contributed by atoms with Crippen LogP contribution < -0.4 is 5.32 Å².